The summed E-state index contributed by atoms with van der Waals surface area (Å²) in [6.07, 6.45) is 5.97. The fourth-order valence-corrected chi connectivity index (χ4v) is 8.82. The molecular formula is C38H56N6O7S. The third-order valence-electron chi connectivity index (χ3n) is 11.0. The summed E-state index contributed by atoms with van der Waals surface area (Å²) in [6, 6.07) is 12.4. The van der Waals surface area contributed by atoms with Crippen LogP contribution in [0, 0.1) is 19.8 Å². The van der Waals surface area contributed by atoms with Gasteiger partial charge in [0.1, 0.15) is 5.75 Å². The smallest absolute Gasteiger partial charge is 0.409 e. The van der Waals surface area contributed by atoms with E-state index in [1.54, 1.807) is 9.21 Å². The molecule has 2 aromatic rings. The minimum absolute atomic E-state index is 0.0403. The van der Waals surface area contributed by atoms with E-state index in [4.69, 9.17) is 4.74 Å². The minimum Gasteiger partial charge on any atom is -0.507 e. The molecule has 4 amide bonds. The lowest BCUT2D eigenvalue weighted by Crippen LogP contribution is -2.54. The van der Waals surface area contributed by atoms with E-state index in [1.165, 1.54) is 18.9 Å². The van der Waals surface area contributed by atoms with Gasteiger partial charge in [-0.1, -0.05) is 37.3 Å². The summed E-state index contributed by atoms with van der Waals surface area (Å²) in [5.74, 6) is 0.430. The van der Waals surface area contributed by atoms with Crippen LogP contribution >= 0.6 is 0 Å². The number of urea groups is 1. The van der Waals surface area contributed by atoms with Crippen molar-refractivity contribution in [2.45, 2.75) is 71.4 Å². The second-order valence-corrected chi connectivity index (χ2v) is 16.6. The van der Waals surface area contributed by atoms with Crippen LogP contribution in [0.2, 0.25) is 0 Å². The third kappa shape index (κ3) is 9.75. The Morgan fingerprint density at radius 2 is 1.46 bits per heavy atom. The van der Waals surface area contributed by atoms with Crippen LogP contribution in [0.5, 0.6) is 5.75 Å². The number of phenols is 1. The van der Waals surface area contributed by atoms with Gasteiger partial charge in [-0.25, -0.2) is 18.0 Å². The van der Waals surface area contributed by atoms with E-state index in [9.17, 15) is 27.9 Å². The van der Waals surface area contributed by atoms with Crippen molar-refractivity contribution in [2.24, 2.45) is 5.92 Å². The van der Waals surface area contributed by atoms with E-state index in [1.807, 2.05) is 60.9 Å². The topological polar surface area (TPSA) is 143 Å². The van der Waals surface area contributed by atoms with Crippen molar-refractivity contribution in [3.8, 4) is 5.75 Å². The van der Waals surface area contributed by atoms with Crippen LogP contribution in [-0.2, 0) is 32.4 Å². The molecule has 4 heterocycles. The van der Waals surface area contributed by atoms with Gasteiger partial charge in [-0.2, -0.15) is 4.31 Å². The van der Waals surface area contributed by atoms with Gasteiger partial charge in [0.2, 0.25) is 15.9 Å². The van der Waals surface area contributed by atoms with Crippen LogP contribution in [0.4, 0.5) is 15.3 Å². The molecule has 0 aromatic heterocycles. The molecular weight excluding hydrogens is 685 g/mol. The first-order chi connectivity index (χ1) is 24.7. The van der Waals surface area contributed by atoms with Gasteiger partial charge in [0.25, 0.3) is 0 Å². The van der Waals surface area contributed by atoms with E-state index in [0.29, 0.717) is 50.9 Å². The number of phenolic OH excluding ortho intramolecular Hbond substituents is 1. The molecule has 2 aromatic carbocycles. The highest BCUT2D eigenvalue weighted by molar-refractivity contribution is 7.88. The number of methoxy groups -OCH3 is 1. The number of piperidine rings is 2. The van der Waals surface area contributed by atoms with Crippen molar-refractivity contribution >= 4 is 33.7 Å². The minimum atomic E-state index is -3.10. The third-order valence-corrected chi connectivity index (χ3v) is 12.3. The van der Waals surface area contributed by atoms with Crippen LogP contribution in [0.3, 0.4) is 0 Å². The van der Waals surface area contributed by atoms with Crippen LogP contribution < -0.4 is 5.32 Å². The molecule has 0 saturated carbocycles. The van der Waals surface area contributed by atoms with Crippen molar-refractivity contribution in [1.82, 2.24) is 23.9 Å². The number of para-hydroxylation sites is 1. The first-order valence-electron chi connectivity index (χ1n) is 18.5. The molecule has 0 spiro atoms. The van der Waals surface area contributed by atoms with E-state index >= 15 is 0 Å². The molecule has 3 fully saturated rings. The molecule has 2 N–H and O–H groups in total. The Morgan fingerprint density at radius 3 is 2.06 bits per heavy atom. The number of hydrogen-bond acceptors (Lipinski definition) is 8. The molecule has 4 aliphatic rings. The number of fused-ring (bicyclic) bond motifs is 1. The molecule has 0 aliphatic carbocycles. The van der Waals surface area contributed by atoms with Crippen LogP contribution in [0.1, 0.15) is 54.9 Å². The Hall–Kier alpha value is -3.88. The number of carbonyl (C=O) groups excluding carboxylic acids is 3. The molecule has 3 saturated heterocycles. The fourth-order valence-electron chi connectivity index (χ4n) is 8.00. The zero-order valence-corrected chi connectivity index (χ0v) is 32.2. The van der Waals surface area contributed by atoms with Crippen molar-refractivity contribution in [3.63, 3.8) is 0 Å². The number of sulfonamides is 1. The number of benzene rings is 2. The summed E-state index contributed by atoms with van der Waals surface area (Å²) >= 11 is 0. The maximum absolute atomic E-state index is 13.0. The summed E-state index contributed by atoms with van der Waals surface area (Å²) in [5.41, 5.74) is 4.86. The zero-order valence-electron chi connectivity index (χ0n) is 31.3. The highest BCUT2D eigenvalue weighted by atomic mass is 32.2. The lowest BCUT2D eigenvalue weighted by atomic mass is 9.95. The van der Waals surface area contributed by atoms with Crippen LogP contribution in [0.15, 0.2) is 36.4 Å². The van der Waals surface area contributed by atoms with Gasteiger partial charge in [-0.3, -0.25) is 9.69 Å². The Morgan fingerprint density at radius 1 is 0.885 bits per heavy atom. The largest absolute Gasteiger partial charge is 0.507 e. The van der Waals surface area contributed by atoms with Gasteiger partial charge in [0, 0.05) is 82.6 Å². The second-order valence-electron chi connectivity index (χ2n) is 14.7. The van der Waals surface area contributed by atoms with E-state index in [-0.39, 0.29) is 30.0 Å². The van der Waals surface area contributed by atoms with Gasteiger partial charge in [0.05, 0.1) is 13.4 Å². The summed E-state index contributed by atoms with van der Waals surface area (Å²) < 4.78 is 29.7. The summed E-state index contributed by atoms with van der Waals surface area (Å²) in [4.78, 5) is 44.9. The molecule has 14 heteroatoms. The number of likely N-dealkylation sites (tertiary alicyclic amines) is 2. The number of aryl methyl sites for hydroxylation is 2. The molecule has 6 rings (SSSR count). The Bertz CT molecular complexity index is 1660. The molecule has 0 bridgehead atoms. The number of ether oxygens (including phenoxy) is 1. The molecule has 13 nitrogen and oxygen atoms in total. The average molecular weight is 741 g/mol. The number of aromatic hydroxyl groups is 1. The van der Waals surface area contributed by atoms with E-state index < -0.39 is 10.0 Å². The molecule has 52 heavy (non-hydrogen) atoms. The zero-order chi connectivity index (χ0) is 37.6. The normalized spacial score (nSPS) is 20.2. The first kappa shape index (κ1) is 39.3. The molecule has 1 atom stereocenters. The fraction of sp³-hybridized carbons (Fsp3) is 0.605. The number of anilines is 1. The number of hydrogen-bond donors (Lipinski definition) is 2. The molecule has 0 radical (unpaired) electrons. The maximum atomic E-state index is 13.0. The Balaban J connectivity index is 0.000000210. The SMILES string of the molecule is COC(=O)N1CCC(N2CCc3ccccc3NC2=O)CC1.Cc1cc(C[C@@H](C)C(=O)N2CCC(N3CCN(S(C)(=O)=O)CC3)CC2)cc(C)c1O. The van der Waals surface area contributed by atoms with Crippen molar-refractivity contribution in [3.05, 3.63) is 58.7 Å². The van der Waals surface area contributed by atoms with Gasteiger partial charge in [-0.05, 0) is 80.7 Å². The van der Waals surface area contributed by atoms with Crippen molar-refractivity contribution in [2.75, 3.05) is 77.6 Å². The standard InChI is InChI=1S/C22H35N3O4S.C16H21N3O3/c1-16-13-19(14-17(2)21(16)26)15-18(3)22(27)24-7-5-20(6-8-24)23-9-11-25(12-10-23)30(4,28)29;1-22-16(21)18-9-7-13(8-10-18)19-11-6-12-4-2-3-5-14(12)17-15(19)20/h13-14,18,20,26H,5-12,15H2,1-4H3;2-5,13H,6-11H2,1H3,(H,17,20)/t18-;/m1./s1. The van der Waals surface area contributed by atoms with Crippen molar-refractivity contribution in [1.29, 1.82) is 0 Å². The quantitative estimate of drug-likeness (QED) is 0.452. The molecule has 286 valence electrons. The lowest BCUT2D eigenvalue weighted by Gasteiger charge is -2.42. The number of rotatable bonds is 6. The van der Waals surface area contributed by atoms with Gasteiger partial charge in [0.15, 0.2) is 0 Å². The molecule has 4 aliphatic heterocycles. The van der Waals surface area contributed by atoms with E-state index in [2.05, 4.69) is 16.3 Å². The Labute approximate surface area is 308 Å². The number of piperazine rings is 1. The maximum Gasteiger partial charge on any atom is 0.409 e. The number of nitrogens with zero attached hydrogens (tertiary/aromatic N) is 5. The molecule has 0 unspecified atom stereocenters. The monoisotopic (exact) mass is 740 g/mol. The Kier molecular flexibility index (Phi) is 13.1. The van der Waals surface area contributed by atoms with Crippen LogP contribution in [0.25, 0.3) is 0 Å². The first-order valence-corrected chi connectivity index (χ1v) is 20.4. The summed E-state index contributed by atoms with van der Waals surface area (Å²) in [6.45, 7) is 11.9. The number of amides is 4. The summed E-state index contributed by atoms with van der Waals surface area (Å²) in [5, 5.41) is 12.9. The average Bonchev–Trinajstić information content (AvgIpc) is 3.31. The highest BCUT2D eigenvalue weighted by Gasteiger charge is 2.33. The van der Waals surface area contributed by atoms with Crippen molar-refractivity contribution < 1.29 is 32.6 Å². The highest BCUT2D eigenvalue weighted by Crippen LogP contribution is 2.27. The number of nitrogens with one attached hydrogen (secondary N) is 1. The predicted molar refractivity (Wildman–Crippen MR) is 201 cm³/mol. The number of carbonyl (C=O) groups is 3. The lowest BCUT2D eigenvalue weighted by molar-refractivity contribution is -0.136. The summed E-state index contributed by atoms with van der Waals surface area (Å²) in [7, 11) is -1.71. The van der Waals surface area contributed by atoms with Crippen LogP contribution in [-0.4, -0.2) is 140 Å². The van der Waals surface area contributed by atoms with Gasteiger partial charge in [-0.15, -0.1) is 0 Å². The predicted octanol–water partition coefficient (Wildman–Crippen LogP) is 4.06. The second kappa shape index (κ2) is 17.3. The van der Waals surface area contributed by atoms with E-state index in [0.717, 1.165) is 80.7 Å². The van der Waals surface area contributed by atoms with Gasteiger partial charge >= 0.3 is 12.1 Å². The van der Waals surface area contributed by atoms with Gasteiger partial charge < -0.3 is 29.9 Å².